The number of anilines is 1. The monoisotopic (exact) mass is 255 g/mol. The lowest BCUT2D eigenvalue weighted by molar-refractivity contribution is 0.865. The van der Waals surface area contributed by atoms with Gasteiger partial charge in [-0.05, 0) is 38.5 Å². The van der Waals surface area contributed by atoms with Crippen LogP contribution < -0.4 is 4.90 Å². The number of rotatable bonds is 4. The van der Waals surface area contributed by atoms with Crippen LogP contribution in [0.5, 0.6) is 0 Å². The lowest BCUT2D eigenvalue weighted by Gasteiger charge is -2.21. The summed E-state index contributed by atoms with van der Waals surface area (Å²) in [6.07, 6.45) is 0. The van der Waals surface area contributed by atoms with E-state index in [0.29, 0.717) is 4.83 Å². The summed E-state index contributed by atoms with van der Waals surface area (Å²) in [6.45, 7) is 8.65. The molecular weight excluding hydrogens is 238 g/mol. The van der Waals surface area contributed by atoms with Crippen LogP contribution in [0.15, 0.2) is 24.3 Å². The third kappa shape index (κ3) is 2.74. The fourth-order valence-electron chi connectivity index (χ4n) is 1.54. The SMILES string of the molecule is CCN(CC)c1ccc(C(C)Br)cc1. The summed E-state index contributed by atoms with van der Waals surface area (Å²) in [5.41, 5.74) is 2.65. The average Bonchev–Trinajstić information content (AvgIpc) is 2.20. The molecule has 0 amide bonds. The fraction of sp³-hybridized carbons (Fsp3) is 0.500. The third-order valence-corrected chi connectivity index (χ3v) is 3.01. The van der Waals surface area contributed by atoms with Crippen molar-refractivity contribution in [3.63, 3.8) is 0 Å². The highest BCUT2D eigenvalue weighted by molar-refractivity contribution is 9.09. The molecule has 0 fully saturated rings. The molecule has 14 heavy (non-hydrogen) atoms. The Hall–Kier alpha value is -0.500. The highest BCUT2D eigenvalue weighted by Gasteiger charge is 2.03. The van der Waals surface area contributed by atoms with Crippen molar-refractivity contribution < 1.29 is 0 Å². The van der Waals surface area contributed by atoms with Gasteiger partial charge in [0.2, 0.25) is 0 Å². The standard InChI is InChI=1S/C12H18BrN/c1-4-14(5-2)12-8-6-11(7-9-12)10(3)13/h6-10H,4-5H2,1-3H3. The molecule has 0 heterocycles. The number of halogens is 1. The van der Waals surface area contributed by atoms with E-state index in [1.807, 2.05) is 0 Å². The van der Waals surface area contributed by atoms with E-state index in [-0.39, 0.29) is 0 Å². The zero-order valence-electron chi connectivity index (χ0n) is 9.13. The number of hydrogen-bond acceptors (Lipinski definition) is 1. The maximum atomic E-state index is 3.56. The summed E-state index contributed by atoms with van der Waals surface area (Å²) in [6, 6.07) is 8.76. The molecule has 0 spiro atoms. The van der Waals surface area contributed by atoms with Crippen molar-refractivity contribution in [3.05, 3.63) is 29.8 Å². The molecule has 0 bridgehead atoms. The Morgan fingerprint density at radius 2 is 1.64 bits per heavy atom. The molecule has 0 N–H and O–H groups in total. The summed E-state index contributed by atoms with van der Waals surface area (Å²) < 4.78 is 0. The van der Waals surface area contributed by atoms with Crippen LogP contribution in [0.4, 0.5) is 5.69 Å². The molecular formula is C12H18BrN. The predicted octanol–water partition coefficient (Wildman–Crippen LogP) is 3.99. The van der Waals surface area contributed by atoms with Gasteiger partial charge in [0, 0.05) is 23.6 Å². The summed E-state index contributed by atoms with van der Waals surface area (Å²) in [5.74, 6) is 0. The first-order valence-electron chi connectivity index (χ1n) is 5.18. The first kappa shape index (κ1) is 11.6. The van der Waals surface area contributed by atoms with Gasteiger partial charge in [-0.15, -0.1) is 0 Å². The van der Waals surface area contributed by atoms with Crippen molar-refractivity contribution in [2.75, 3.05) is 18.0 Å². The van der Waals surface area contributed by atoms with E-state index in [4.69, 9.17) is 0 Å². The Morgan fingerprint density at radius 1 is 1.14 bits per heavy atom. The Morgan fingerprint density at radius 3 is 2.00 bits per heavy atom. The summed E-state index contributed by atoms with van der Waals surface area (Å²) in [4.78, 5) is 2.79. The maximum absolute atomic E-state index is 3.56. The van der Waals surface area contributed by atoms with E-state index in [1.165, 1.54) is 11.3 Å². The zero-order chi connectivity index (χ0) is 10.6. The van der Waals surface area contributed by atoms with Crippen LogP contribution in [0.1, 0.15) is 31.2 Å². The fourth-order valence-corrected chi connectivity index (χ4v) is 1.84. The van der Waals surface area contributed by atoms with E-state index in [1.54, 1.807) is 0 Å². The van der Waals surface area contributed by atoms with Crippen LogP contribution >= 0.6 is 15.9 Å². The molecule has 78 valence electrons. The molecule has 1 aromatic carbocycles. The van der Waals surface area contributed by atoms with Gasteiger partial charge in [-0.1, -0.05) is 28.1 Å². The lowest BCUT2D eigenvalue weighted by Crippen LogP contribution is -2.21. The first-order chi connectivity index (χ1) is 6.69. The van der Waals surface area contributed by atoms with Gasteiger partial charge in [0.15, 0.2) is 0 Å². The van der Waals surface area contributed by atoms with Crippen molar-refractivity contribution in [2.24, 2.45) is 0 Å². The molecule has 0 radical (unpaired) electrons. The minimum absolute atomic E-state index is 0.438. The third-order valence-electron chi connectivity index (χ3n) is 2.48. The van der Waals surface area contributed by atoms with Crippen LogP contribution in [-0.4, -0.2) is 13.1 Å². The van der Waals surface area contributed by atoms with Gasteiger partial charge in [-0.2, -0.15) is 0 Å². The van der Waals surface area contributed by atoms with E-state index >= 15 is 0 Å². The average molecular weight is 256 g/mol. The maximum Gasteiger partial charge on any atom is 0.0367 e. The normalized spacial score (nSPS) is 12.6. The summed E-state index contributed by atoms with van der Waals surface area (Å²) >= 11 is 3.56. The number of nitrogens with zero attached hydrogens (tertiary/aromatic N) is 1. The number of hydrogen-bond donors (Lipinski definition) is 0. The van der Waals surface area contributed by atoms with E-state index in [9.17, 15) is 0 Å². The van der Waals surface area contributed by atoms with E-state index in [0.717, 1.165) is 13.1 Å². The van der Waals surface area contributed by atoms with Crippen LogP contribution in [0.25, 0.3) is 0 Å². The van der Waals surface area contributed by atoms with Crippen molar-refractivity contribution in [1.29, 1.82) is 0 Å². The highest BCUT2D eigenvalue weighted by Crippen LogP contribution is 2.24. The molecule has 0 saturated carbocycles. The van der Waals surface area contributed by atoms with Crippen LogP contribution in [0, 0.1) is 0 Å². The van der Waals surface area contributed by atoms with Gasteiger partial charge in [-0.3, -0.25) is 0 Å². The predicted molar refractivity (Wildman–Crippen MR) is 67.3 cm³/mol. The van der Waals surface area contributed by atoms with Gasteiger partial charge >= 0.3 is 0 Å². The quantitative estimate of drug-likeness (QED) is 0.736. The van der Waals surface area contributed by atoms with Crippen LogP contribution in [0.2, 0.25) is 0 Å². The van der Waals surface area contributed by atoms with Crippen LogP contribution in [0.3, 0.4) is 0 Å². The van der Waals surface area contributed by atoms with E-state index < -0.39 is 0 Å². The Balaban J connectivity index is 2.81. The van der Waals surface area contributed by atoms with Crippen molar-refractivity contribution in [3.8, 4) is 0 Å². The van der Waals surface area contributed by atoms with Crippen LogP contribution in [-0.2, 0) is 0 Å². The summed E-state index contributed by atoms with van der Waals surface area (Å²) in [5, 5.41) is 0. The Bertz CT molecular complexity index is 262. The number of alkyl halides is 1. The van der Waals surface area contributed by atoms with Crippen molar-refractivity contribution >= 4 is 21.6 Å². The van der Waals surface area contributed by atoms with Crippen molar-refractivity contribution in [2.45, 2.75) is 25.6 Å². The summed E-state index contributed by atoms with van der Waals surface area (Å²) in [7, 11) is 0. The molecule has 1 nitrogen and oxygen atoms in total. The van der Waals surface area contributed by atoms with Gasteiger partial charge in [0.1, 0.15) is 0 Å². The molecule has 1 rings (SSSR count). The largest absolute Gasteiger partial charge is 0.372 e. The topological polar surface area (TPSA) is 3.24 Å². The highest BCUT2D eigenvalue weighted by atomic mass is 79.9. The molecule has 0 aromatic heterocycles. The second kappa shape index (κ2) is 5.40. The van der Waals surface area contributed by atoms with E-state index in [2.05, 4.69) is 65.9 Å². The zero-order valence-corrected chi connectivity index (χ0v) is 10.7. The Kier molecular flexibility index (Phi) is 4.46. The van der Waals surface area contributed by atoms with Gasteiger partial charge < -0.3 is 4.90 Å². The molecule has 2 heteroatoms. The minimum Gasteiger partial charge on any atom is -0.372 e. The molecule has 0 saturated heterocycles. The molecule has 0 aliphatic rings. The molecule has 0 aliphatic heterocycles. The second-order valence-electron chi connectivity index (χ2n) is 3.38. The molecule has 1 aromatic rings. The van der Waals surface area contributed by atoms with Crippen molar-refractivity contribution in [1.82, 2.24) is 0 Å². The first-order valence-corrected chi connectivity index (χ1v) is 6.09. The molecule has 1 atom stereocenters. The lowest BCUT2D eigenvalue weighted by atomic mass is 10.1. The van der Waals surface area contributed by atoms with Gasteiger partial charge in [-0.25, -0.2) is 0 Å². The smallest absolute Gasteiger partial charge is 0.0367 e. The molecule has 0 aliphatic carbocycles. The minimum atomic E-state index is 0.438. The molecule has 1 unspecified atom stereocenters. The number of benzene rings is 1. The van der Waals surface area contributed by atoms with Gasteiger partial charge in [0.05, 0.1) is 0 Å². The second-order valence-corrected chi connectivity index (χ2v) is 4.75. The van der Waals surface area contributed by atoms with Gasteiger partial charge in [0.25, 0.3) is 0 Å². The Labute approximate surface area is 95.2 Å².